The highest BCUT2D eigenvalue weighted by molar-refractivity contribution is 8.24. The van der Waals surface area contributed by atoms with Gasteiger partial charge in [-0.1, -0.05) is 18.7 Å². The Morgan fingerprint density at radius 1 is 1.40 bits per heavy atom. The van der Waals surface area contributed by atoms with Gasteiger partial charge >= 0.3 is 0 Å². The maximum atomic E-state index is 12.4. The second kappa shape index (κ2) is 5.60. The molecule has 0 amide bonds. The van der Waals surface area contributed by atoms with Crippen molar-refractivity contribution in [3.05, 3.63) is 9.81 Å². The molecule has 2 aliphatic heterocycles. The minimum atomic E-state index is -3.48. The van der Waals surface area contributed by atoms with Crippen LogP contribution in [0.5, 0.6) is 0 Å². The van der Waals surface area contributed by atoms with E-state index in [0.29, 0.717) is 6.42 Å². The molecule has 0 spiro atoms. The summed E-state index contributed by atoms with van der Waals surface area (Å²) in [5.74, 6) is 0. The Morgan fingerprint density at radius 3 is 2.60 bits per heavy atom. The molecule has 0 aromatic rings. The van der Waals surface area contributed by atoms with Gasteiger partial charge in [-0.2, -0.15) is 0 Å². The van der Waals surface area contributed by atoms with Crippen molar-refractivity contribution in [2.24, 2.45) is 0 Å². The monoisotopic (exact) mass is 340 g/mol. The summed E-state index contributed by atoms with van der Waals surface area (Å²) in [5, 5.41) is 2.79. The Kier molecular flexibility index (Phi) is 4.56. The first-order chi connectivity index (χ1) is 9.24. The molecule has 0 bridgehead atoms. The van der Waals surface area contributed by atoms with Crippen LogP contribution in [0.3, 0.4) is 0 Å². The summed E-state index contributed by atoms with van der Waals surface area (Å²) in [6, 6.07) is -0.0434. The molecule has 6 nitrogen and oxygen atoms in total. The van der Waals surface area contributed by atoms with E-state index in [4.69, 9.17) is 0 Å². The zero-order valence-corrected chi connectivity index (χ0v) is 14.2. The molecule has 20 heavy (non-hydrogen) atoms. The van der Waals surface area contributed by atoms with Crippen LogP contribution in [0.25, 0.3) is 0 Å². The van der Waals surface area contributed by atoms with E-state index in [0.717, 1.165) is 23.9 Å². The van der Waals surface area contributed by atoms with Gasteiger partial charge in [0.2, 0.25) is 10.0 Å². The number of nitrogens with one attached hydrogen (secondary N) is 2. The molecular weight excluding hydrogens is 320 g/mol. The third kappa shape index (κ3) is 2.66. The summed E-state index contributed by atoms with van der Waals surface area (Å²) in [6.07, 6.45) is 0.772. The minimum Gasteiger partial charge on any atom is -0.310 e. The lowest BCUT2D eigenvalue weighted by atomic mass is 10.0. The largest absolute Gasteiger partial charge is 0.310 e. The standard InChI is InChI=1S/C11H20N2O4S3/c1-4-13-9-5-7(2)19(14,15)11-8(9)6-10(18-11)20(16,17)12-3/h7,9-10,12-13H,4-6H2,1-3H3. The van der Waals surface area contributed by atoms with Crippen molar-refractivity contribution in [1.29, 1.82) is 0 Å². The molecule has 2 N–H and O–H groups in total. The van der Waals surface area contributed by atoms with Gasteiger partial charge in [0.05, 0.1) is 5.25 Å². The average molecular weight is 340 g/mol. The molecule has 9 heteroatoms. The number of rotatable bonds is 4. The molecule has 0 fully saturated rings. The number of sulfonamides is 1. The van der Waals surface area contributed by atoms with Crippen molar-refractivity contribution in [1.82, 2.24) is 10.0 Å². The predicted octanol–water partition coefficient (Wildman–Crippen LogP) is 0.395. The molecule has 0 aromatic heterocycles. The summed E-state index contributed by atoms with van der Waals surface area (Å²) in [6.45, 7) is 4.37. The summed E-state index contributed by atoms with van der Waals surface area (Å²) in [7, 11) is -5.51. The molecule has 2 aliphatic rings. The van der Waals surface area contributed by atoms with E-state index in [-0.39, 0.29) is 16.7 Å². The lowest BCUT2D eigenvalue weighted by molar-refractivity contribution is 0.508. The second-order valence-corrected chi connectivity index (χ2v) is 11.2. The highest BCUT2D eigenvalue weighted by Gasteiger charge is 2.46. The topological polar surface area (TPSA) is 92.3 Å². The molecule has 0 saturated carbocycles. The molecule has 116 valence electrons. The van der Waals surface area contributed by atoms with Crippen molar-refractivity contribution in [2.45, 2.75) is 42.6 Å². The third-order valence-electron chi connectivity index (χ3n) is 3.74. The minimum absolute atomic E-state index is 0.0434. The van der Waals surface area contributed by atoms with Gasteiger partial charge in [-0.25, -0.2) is 21.6 Å². The van der Waals surface area contributed by atoms with Crippen molar-refractivity contribution >= 4 is 31.6 Å². The zero-order chi connectivity index (χ0) is 15.1. The van der Waals surface area contributed by atoms with E-state index in [1.807, 2.05) is 6.92 Å². The van der Waals surface area contributed by atoms with Crippen LogP contribution in [0.1, 0.15) is 26.7 Å². The lowest BCUT2D eigenvalue weighted by Crippen LogP contribution is -2.40. The summed E-state index contributed by atoms with van der Waals surface area (Å²) < 4.78 is 50.4. The highest BCUT2D eigenvalue weighted by Crippen LogP contribution is 2.48. The zero-order valence-electron chi connectivity index (χ0n) is 11.7. The van der Waals surface area contributed by atoms with E-state index in [1.165, 1.54) is 7.05 Å². The van der Waals surface area contributed by atoms with Crippen molar-refractivity contribution in [3.8, 4) is 0 Å². The maximum Gasteiger partial charge on any atom is 0.224 e. The third-order valence-corrected chi connectivity index (χ3v) is 10.1. The molecule has 0 radical (unpaired) electrons. The van der Waals surface area contributed by atoms with Crippen LogP contribution >= 0.6 is 11.8 Å². The molecule has 2 rings (SSSR count). The Morgan fingerprint density at radius 2 is 2.05 bits per heavy atom. The number of sulfone groups is 1. The first-order valence-electron chi connectivity index (χ1n) is 6.53. The van der Waals surface area contributed by atoms with Gasteiger partial charge in [0.1, 0.15) is 8.82 Å². The lowest BCUT2D eigenvalue weighted by Gasteiger charge is -2.29. The fourth-order valence-corrected chi connectivity index (χ4v) is 8.16. The van der Waals surface area contributed by atoms with Crippen molar-refractivity contribution < 1.29 is 16.8 Å². The SMILES string of the molecule is CCNC1CC(C)S(=O)(=O)C2=C1CC(S(=O)(=O)NC)S2. The fourth-order valence-electron chi connectivity index (χ4n) is 2.57. The summed E-state index contributed by atoms with van der Waals surface area (Å²) in [5.41, 5.74) is 0.735. The van der Waals surface area contributed by atoms with E-state index >= 15 is 0 Å². The van der Waals surface area contributed by atoms with E-state index < -0.39 is 29.7 Å². The van der Waals surface area contributed by atoms with Gasteiger partial charge in [-0.15, -0.1) is 0 Å². The van der Waals surface area contributed by atoms with Crippen molar-refractivity contribution in [2.75, 3.05) is 13.6 Å². The van der Waals surface area contributed by atoms with Gasteiger partial charge in [-0.3, -0.25) is 0 Å². The second-order valence-electron chi connectivity index (χ2n) is 5.01. The highest BCUT2D eigenvalue weighted by atomic mass is 32.3. The summed E-state index contributed by atoms with van der Waals surface area (Å²) in [4.78, 5) is 0. The van der Waals surface area contributed by atoms with Crippen LogP contribution in [0.2, 0.25) is 0 Å². The van der Waals surface area contributed by atoms with Crippen LogP contribution in [-0.4, -0.2) is 46.3 Å². The Balaban J connectivity index is 2.40. The quantitative estimate of drug-likeness (QED) is 0.769. The Labute approximate surface area is 124 Å². The Hall–Kier alpha value is -0.0900. The predicted molar refractivity (Wildman–Crippen MR) is 81.5 cm³/mol. The maximum absolute atomic E-state index is 12.4. The van der Waals surface area contributed by atoms with Gasteiger partial charge in [0.15, 0.2) is 9.84 Å². The molecule has 0 saturated heterocycles. The molecule has 0 aliphatic carbocycles. The van der Waals surface area contributed by atoms with Crippen LogP contribution in [-0.2, 0) is 19.9 Å². The van der Waals surface area contributed by atoms with Gasteiger partial charge in [0, 0.05) is 6.04 Å². The first kappa shape index (κ1) is 16.3. The van der Waals surface area contributed by atoms with E-state index in [2.05, 4.69) is 10.0 Å². The number of likely N-dealkylation sites (N-methyl/N-ethyl adjacent to an activating group) is 1. The van der Waals surface area contributed by atoms with Crippen LogP contribution in [0, 0.1) is 0 Å². The van der Waals surface area contributed by atoms with Crippen LogP contribution in [0.15, 0.2) is 9.81 Å². The van der Waals surface area contributed by atoms with Gasteiger partial charge in [-0.05, 0) is 38.9 Å². The van der Waals surface area contributed by atoms with Gasteiger partial charge in [0.25, 0.3) is 0 Å². The molecule has 3 unspecified atom stereocenters. The van der Waals surface area contributed by atoms with Crippen molar-refractivity contribution in [3.63, 3.8) is 0 Å². The van der Waals surface area contributed by atoms with Crippen LogP contribution < -0.4 is 10.0 Å². The molecule has 3 atom stereocenters. The van der Waals surface area contributed by atoms with E-state index in [1.54, 1.807) is 6.92 Å². The van der Waals surface area contributed by atoms with Crippen LogP contribution in [0.4, 0.5) is 0 Å². The Bertz CT molecular complexity index is 624. The van der Waals surface area contributed by atoms with Gasteiger partial charge < -0.3 is 5.32 Å². The number of hydrogen-bond acceptors (Lipinski definition) is 6. The molecule has 0 aromatic carbocycles. The smallest absolute Gasteiger partial charge is 0.224 e. The van der Waals surface area contributed by atoms with E-state index in [9.17, 15) is 16.8 Å². The fraction of sp³-hybridized carbons (Fsp3) is 0.818. The average Bonchev–Trinajstić information content (AvgIpc) is 2.83. The number of thioether (sulfide) groups is 1. The molecule has 2 heterocycles. The summed E-state index contributed by atoms with van der Waals surface area (Å²) >= 11 is 0.968. The molecular formula is C11H20N2O4S3. The number of hydrogen-bond donors (Lipinski definition) is 2. The first-order valence-corrected chi connectivity index (χ1v) is 10.5. The normalized spacial score (nSPS) is 33.2.